The highest BCUT2D eigenvalue weighted by atomic mass is 35.5. The molecule has 0 aliphatic carbocycles. The van der Waals surface area contributed by atoms with Gasteiger partial charge < -0.3 is 4.90 Å². The van der Waals surface area contributed by atoms with Crippen molar-refractivity contribution in [2.75, 3.05) is 33.2 Å². The number of nitrogens with zero attached hydrogens (tertiary/aromatic N) is 3. The van der Waals surface area contributed by atoms with Crippen molar-refractivity contribution in [2.45, 2.75) is 13.0 Å². The molecule has 1 aliphatic heterocycles. The third-order valence-corrected chi connectivity index (χ3v) is 3.21. The lowest BCUT2D eigenvalue weighted by molar-refractivity contribution is 0.266. The molecule has 0 atom stereocenters. The van der Waals surface area contributed by atoms with Crippen molar-refractivity contribution in [2.24, 2.45) is 0 Å². The summed E-state index contributed by atoms with van der Waals surface area (Å²) in [6.45, 7) is 5.51. The van der Waals surface area contributed by atoms with Crippen LogP contribution in [0.5, 0.6) is 0 Å². The Balaban J connectivity index is 1.93. The van der Waals surface area contributed by atoms with Gasteiger partial charge in [0.2, 0.25) is 0 Å². The van der Waals surface area contributed by atoms with E-state index in [2.05, 4.69) is 21.8 Å². The molecule has 3 nitrogen and oxygen atoms in total. The lowest BCUT2D eigenvalue weighted by Gasteiger charge is -2.19. The molecular formula is C12H18ClN3. The van der Waals surface area contributed by atoms with Crippen LogP contribution < -0.4 is 0 Å². The molecule has 16 heavy (non-hydrogen) atoms. The molecule has 0 bridgehead atoms. The van der Waals surface area contributed by atoms with Crippen molar-refractivity contribution in [3.8, 4) is 0 Å². The van der Waals surface area contributed by atoms with Crippen LogP contribution in [0.25, 0.3) is 0 Å². The quantitative estimate of drug-likeness (QED) is 0.786. The summed E-state index contributed by atoms with van der Waals surface area (Å²) in [5.41, 5.74) is 1.07. The molecule has 2 heterocycles. The Morgan fingerprint density at radius 3 is 3.00 bits per heavy atom. The van der Waals surface area contributed by atoms with Gasteiger partial charge in [0.15, 0.2) is 0 Å². The van der Waals surface area contributed by atoms with Crippen molar-refractivity contribution in [1.29, 1.82) is 0 Å². The number of likely N-dealkylation sites (N-methyl/N-ethyl adjacent to an activating group) is 1. The van der Waals surface area contributed by atoms with Crippen LogP contribution in [0.1, 0.15) is 12.1 Å². The first kappa shape index (κ1) is 11.8. The van der Waals surface area contributed by atoms with Crippen molar-refractivity contribution in [1.82, 2.24) is 14.8 Å². The Labute approximate surface area is 102 Å². The maximum absolute atomic E-state index is 5.95. The third kappa shape index (κ3) is 3.44. The number of rotatable bonds is 2. The highest BCUT2D eigenvalue weighted by molar-refractivity contribution is 6.30. The Morgan fingerprint density at radius 2 is 2.19 bits per heavy atom. The molecule has 0 aromatic carbocycles. The maximum atomic E-state index is 5.95. The maximum Gasteiger partial charge on any atom is 0.0558 e. The van der Waals surface area contributed by atoms with Gasteiger partial charge in [0.25, 0.3) is 0 Å². The summed E-state index contributed by atoms with van der Waals surface area (Å²) >= 11 is 5.95. The van der Waals surface area contributed by atoms with Crippen molar-refractivity contribution < 1.29 is 0 Å². The van der Waals surface area contributed by atoms with E-state index in [0.29, 0.717) is 0 Å². The van der Waals surface area contributed by atoms with Crippen molar-refractivity contribution >= 4 is 11.6 Å². The molecular weight excluding hydrogens is 222 g/mol. The molecule has 1 aromatic heterocycles. The molecule has 1 aliphatic rings. The number of pyridine rings is 1. The average molecular weight is 240 g/mol. The molecule has 0 N–H and O–H groups in total. The van der Waals surface area contributed by atoms with Crippen LogP contribution >= 0.6 is 11.6 Å². The van der Waals surface area contributed by atoms with E-state index in [0.717, 1.165) is 36.9 Å². The number of hydrogen-bond acceptors (Lipinski definition) is 3. The topological polar surface area (TPSA) is 19.4 Å². The number of halogens is 1. The van der Waals surface area contributed by atoms with Crippen LogP contribution in [0.15, 0.2) is 18.3 Å². The average Bonchev–Trinajstić information content (AvgIpc) is 2.44. The van der Waals surface area contributed by atoms with Crippen LogP contribution in [0, 0.1) is 0 Å². The molecule has 1 aromatic rings. The first-order chi connectivity index (χ1) is 7.74. The lowest BCUT2D eigenvalue weighted by Crippen LogP contribution is -2.28. The fraction of sp³-hybridized carbons (Fsp3) is 0.583. The van der Waals surface area contributed by atoms with Gasteiger partial charge in [0, 0.05) is 30.9 Å². The lowest BCUT2D eigenvalue weighted by atomic mass is 10.3. The SMILES string of the molecule is CN1CCCN(Cc2cc(Cl)ccn2)CC1. The van der Waals surface area contributed by atoms with Gasteiger partial charge in [-0.1, -0.05) is 11.6 Å². The Morgan fingerprint density at radius 1 is 1.31 bits per heavy atom. The van der Waals surface area contributed by atoms with Gasteiger partial charge >= 0.3 is 0 Å². The first-order valence-corrected chi connectivity index (χ1v) is 6.13. The second kappa shape index (κ2) is 5.62. The van der Waals surface area contributed by atoms with Crippen LogP contribution in [0.3, 0.4) is 0 Å². The molecule has 4 heteroatoms. The summed E-state index contributed by atoms with van der Waals surface area (Å²) < 4.78 is 0. The highest BCUT2D eigenvalue weighted by Crippen LogP contribution is 2.11. The smallest absolute Gasteiger partial charge is 0.0558 e. The van der Waals surface area contributed by atoms with Crippen LogP contribution in [0.2, 0.25) is 5.02 Å². The third-order valence-electron chi connectivity index (χ3n) is 2.98. The number of hydrogen-bond donors (Lipinski definition) is 0. The molecule has 0 unspecified atom stereocenters. The molecule has 0 saturated carbocycles. The number of aromatic nitrogens is 1. The second-order valence-electron chi connectivity index (χ2n) is 4.40. The predicted molar refractivity (Wildman–Crippen MR) is 66.6 cm³/mol. The van der Waals surface area contributed by atoms with Gasteiger partial charge in [0.05, 0.1) is 5.69 Å². The predicted octanol–water partition coefficient (Wildman–Crippen LogP) is 1.87. The molecule has 2 rings (SSSR count). The van der Waals surface area contributed by atoms with Crippen LogP contribution in [-0.4, -0.2) is 48.0 Å². The van der Waals surface area contributed by atoms with E-state index in [1.807, 2.05) is 12.1 Å². The van der Waals surface area contributed by atoms with E-state index in [9.17, 15) is 0 Å². The van der Waals surface area contributed by atoms with Crippen LogP contribution in [0.4, 0.5) is 0 Å². The normalized spacial score (nSPS) is 19.6. The highest BCUT2D eigenvalue weighted by Gasteiger charge is 2.12. The summed E-state index contributed by atoms with van der Waals surface area (Å²) in [7, 11) is 2.18. The zero-order valence-electron chi connectivity index (χ0n) is 9.69. The minimum atomic E-state index is 0.775. The molecule has 88 valence electrons. The van der Waals surface area contributed by atoms with Crippen LogP contribution in [-0.2, 0) is 6.54 Å². The zero-order chi connectivity index (χ0) is 11.4. The largest absolute Gasteiger partial charge is 0.305 e. The first-order valence-electron chi connectivity index (χ1n) is 5.75. The van der Waals surface area contributed by atoms with E-state index < -0.39 is 0 Å². The van der Waals surface area contributed by atoms with Gasteiger partial charge in [-0.3, -0.25) is 9.88 Å². The van der Waals surface area contributed by atoms with E-state index >= 15 is 0 Å². The minimum Gasteiger partial charge on any atom is -0.305 e. The molecule has 0 spiro atoms. The fourth-order valence-corrected chi connectivity index (χ4v) is 2.20. The standard InChI is InChI=1S/C12H18ClN3/c1-15-5-2-6-16(8-7-15)10-12-9-11(13)3-4-14-12/h3-4,9H,2,5-8,10H2,1H3. The van der Waals surface area contributed by atoms with E-state index in [1.165, 1.54) is 13.0 Å². The summed E-state index contributed by atoms with van der Waals surface area (Å²) in [4.78, 5) is 9.17. The van der Waals surface area contributed by atoms with E-state index in [1.54, 1.807) is 6.20 Å². The minimum absolute atomic E-state index is 0.775. The van der Waals surface area contributed by atoms with Gasteiger partial charge in [-0.2, -0.15) is 0 Å². The monoisotopic (exact) mass is 239 g/mol. The van der Waals surface area contributed by atoms with Crippen molar-refractivity contribution in [3.63, 3.8) is 0 Å². The summed E-state index contributed by atoms with van der Waals surface area (Å²) in [5.74, 6) is 0. The summed E-state index contributed by atoms with van der Waals surface area (Å²) in [6.07, 6.45) is 3.01. The van der Waals surface area contributed by atoms with Gasteiger partial charge in [-0.25, -0.2) is 0 Å². The second-order valence-corrected chi connectivity index (χ2v) is 4.83. The van der Waals surface area contributed by atoms with E-state index in [4.69, 9.17) is 11.6 Å². The Hall–Kier alpha value is -0.640. The molecule has 0 amide bonds. The van der Waals surface area contributed by atoms with Gasteiger partial charge in [0.1, 0.15) is 0 Å². The van der Waals surface area contributed by atoms with Crippen molar-refractivity contribution in [3.05, 3.63) is 29.0 Å². The molecule has 1 fully saturated rings. The Kier molecular flexibility index (Phi) is 4.16. The Bertz CT molecular complexity index is 343. The fourth-order valence-electron chi connectivity index (χ4n) is 2.02. The van der Waals surface area contributed by atoms with Gasteiger partial charge in [-0.05, 0) is 38.7 Å². The molecule has 0 radical (unpaired) electrons. The van der Waals surface area contributed by atoms with Gasteiger partial charge in [-0.15, -0.1) is 0 Å². The summed E-state index contributed by atoms with van der Waals surface area (Å²) in [5, 5.41) is 0.775. The zero-order valence-corrected chi connectivity index (χ0v) is 10.5. The molecule has 1 saturated heterocycles. The summed E-state index contributed by atoms with van der Waals surface area (Å²) in [6, 6.07) is 3.78. The van der Waals surface area contributed by atoms with E-state index in [-0.39, 0.29) is 0 Å².